The quantitative estimate of drug-likeness (QED) is 0.367. The topological polar surface area (TPSA) is 88.0 Å². The number of ether oxygens (including phenoxy) is 2. The zero-order valence-corrected chi connectivity index (χ0v) is 17.6. The number of hydrogen-bond donors (Lipinski definition) is 3. The second-order valence-corrected chi connectivity index (χ2v) is 8.44. The summed E-state index contributed by atoms with van der Waals surface area (Å²) >= 11 is 0. The van der Waals surface area contributed by atoms with E-state index in [0.717, 1.165) is 12.8 Å². The molecule has 2 aliphatic rings. The Morgan fingerprint density at radius 1 is 0.857 bits per heavy atom. The van der Waals surface area contributed by atoms with Gasteiger partial charge < -0.3 is 25.0 Å². The fraction of sp³-hybridized carbons (Fsp3) is 0.955. The number of carbonyl (C=O) groups is 1. The summed E-state index contributed by atoms with van der Waals surface area (Å²) in [6, 6.07) is -0.691. The van der Waals surface area contributed by atoms with Crippen LogP contribution in [-0.2, 0) is 14.3 Å². The Morgan fingerprint density at radius 3 is 1.96 bits per heavy atom. The van der Waals surface area contributed by atoms with E-state index in [0.29, 0.717) is 6.42 Å². The highest BCUT2D eigenvalue weighted by molar-refractivity contribution is 5.76. The van der Waals surface area contributed by atoms with Crippen LogP contribution < -0.4 is 5.32 Å². The molecule has 164 valence electrons. The van der Waals surface area contributed by atoms with Crippen LogP contribution in [0.4, 0.5) is 0 Å². The van der Waals surface area contributed by atoms with Gasteiger partial charge in [-0.1, -0.05) is 84.0 Å². The lowest BCUT2D eigenvalue weighted by atomic mass is 9.98. The van der Waals surface area contributed by atoms with Gasteiger partial charge in [-0.05, 0) is 6.42 Å². The van der Waals surface area contributed by atoms with Crippen molar-refractivity contribution in [3.05, 3.63) is 0 Å². The van der Waals surface area contributed by atoms with Crippen molar-refractivity contribution in [2.75, 3.05) is 6.61 Å². The molecule has 0 aliphatic carbocycles. The highest BCUT2D eigenvalue weighted by Gasteiger charge is 2.49. The average molecular weight is 400 g/mol. The van der Waals surface area contributed by atoms with E-state index in [-0.39, 0.29) is 12.5 Å². The molecule has 0 saturated carbocycles. The predicted octanol–water partition coefficient (Wildman–Crippen LogP) is 3.43. The average Bonchev–Trinajstić information content (AvgIpc) is 3.14. The molecule has 0 aromatic rings. The molecule has 2 aliphatic heterocycles. The monoisotopic (exact) mass is 399 g/mol. The summed E-state index contributed by atoms with van der Waals surface area (Å²) in [5.74, 6) is -0.114. The summed E-state index contributed by atoms with van der Waals surface area (Å²) in [6.45, 7) is 2.51. The van der Waals surface area contributed by atoms with E-state index in [9.17, 15) is 15.0 Å². The lowest BCUT2D eigenvalue weighted by Gasteiger charge is -2.36. The van der Waals surface area contributed by atoms with Crippen molar-refractivity contribution in [1.29, 1.82) is 0 Å². The van der Waals surface area contributed by atoms with E-state index in [1.165, 1.54) is 70.6 Å². The number of amides is 1. The van der Waals surface area contributed by atoms with Crippen molar-refractivity contribution in [3.8, 4) is 0 Å². The van der Waals surface area contributed by atoms with Gasteiger partial charge in [0.2, 0.25) is 5.91 Å². The molecule has 0 unspecified atom stereocenters. The van der Waals surface area contributed by atoms with Crippen LogP contribution in [0.25, 0.3) is 0 Å². The van der Waals surface area contributed by atoms with Gasteiger partial charge in [-0.15, -0.1) is 0 Å². The van der Waals surface area contributed by atoms with Crippen LogP contribution in [-0.4, -0.2) is 53.4 Å². The summed E-state index contributed by atoms with van der Waals surface area (Å²) in [6.07, 6.45) is 13.8. The van der Waals surface area contributed by atoms with Gasteiger partial charge in [-0.25, -0.2) is 0 Å². The molecule has 1 amide bonds. The Labute approximate surface area is 170 Å². The third kappa shape index (κ3) is 7.97. The molecule has 2 heterocycles. The fourth-order valence-corrected chi connectivity index (χ4v) is 4.12. The third-order valence-corrected chi connectivity index (χ3v) is 5.96. The van der Waals surface area contributed by atoms with Crippen LogP contribution in [0.1, 0.15) is 96.8 Å². The zero-order valence-electron chi connectivity index (χ0n) is 17.6. The molecule has 2 rings (SSSR count). The number of unbranched alkanes of at least 4 members (excludes halogenated alkanes) is 12. The van der Waals surface area contributed by atoms with E-state index in [2.05, 4.69) is 12.2 Å². The molecule has 6 heteroatoms. The van der Waals surface area contributed by atoms with Crippen molar-refractivity contribution in [1.82, 2.24) is 5.32 Å². The van der Waals surface area contributed by atoms with E-state index in [4.69, 9.17) is 9.47 Å². The molecular formula is C22H41NO5. The maximum Gasteiger partial charge on any atom is 0.220 e. The second kappa shape index (κ2) is 13.5. The number of aliphatic hydroxyl groups is 2. The molecule has 3 N–H and O–H groups in total. The molecule has 0 spiro atoms. The minimum atomic E-state index is -1.04. The normalized spacial score (nSPS) is 29.2. The maximum absolute atomic E-state index is 12.1. The summed E-state index contributed by atoms with van der Waals surface area (Å²) in [5.41, 5.74) is 0. The van der Waals surface area contributed by atoms with E-state index >= 15 is 0 Å². The Balaban J connectivity index is 1.41. The van der Waals surface area contributed by atoms with Crippen molar-refractivity contribution in [2.24, 2.45) is 0 Å². The molecule has 2 saturated heterocycles. The van der Waals surface area contributed by atoms with Gasteiger partial charge in [0.05, 0.1) is 6.61 Å². The van der Waals surface area contributed by atoms with Gasteiger partial charge in [0.15, 0.2) is 6.29 Å². The first-order valence-electron chi connectivity index (χ1n) is 11.6. The first kappa shape index (κ1) is 23.6. The molecule has 0 aromatic heterocycles. The van der Waals surface area contributed by atoms with Crippen LogP contribution in [0.15, 0.2) is 0 Å². The Hall–Kier alpha value is -0.690. The van der Waals surface area contributed by atoms with Gasteiger partial charge >= 0.3 is 0 Å². The Bertz CT molecular complexity index is 433. The number of rotatable bonds is 15. The summed E-state index contributed by atoms with van der Waals surface area (Å²) < 4.78 is 10.9. The van der Waals surface area contributed by atoms with Crippen molar-refractivity contribution >= 4 is 5.91 Å². The van der Waals surface area contributed by atoms with Crippen LogP contribution in [0.3, 0.4) is 0 Å². The van der Waals surface area contributed by atoms with Crippen LogP contribution in [0.5, 0.6) is 0 Å². The summed E-state index contributed by atoms with van der Waals surface area (Å²) in [7, 11) is 0. The molecule has 2 fully saturated rings. The van der Waals surface area contributed by atoms with Gasteiger partial charge in [0, 0.05) is 6.42 Å². The summed E-state index contributed by atoms with van der Waals surface area (Å²) in [5, 5.41) is 22.8. The van der Waals surface area contributed by atoms with Gasteiger partial charge in [0.25, 0.3) is 0 Å². The van der Waals surface area contributed by atoms with Crippen LogP contribution in [0, 0.1) is 0 Å². The molecule has 6 nitrogen and oxygen atoms in total. The lowest BCUT2D eigenvalue weighted by Crippen LogP contribution is -2.60. The Kier molecular flexibility index (Phi) is 11.4. The second-order valence-electron chi connectivity index (χ2n) is 8.44. The third-order valence-electron chi connectivity index (χ3n) is 5.96. The minimum Gasteiger partial charge on any atom is -0.388 e. The van der Waals surface area contributed by atoms with Crippen LogP contribution in [0.2, 0.25) is 0 Å². The largest absolute Gasteiger partial charge is 0.388 e. The zero-order chi connectivity index (χ0) is 20.2. The van der Waals surface area contributed by atoms with E-state index in [1.54, 1.807) is 0 Å². The lowest BCUT2D eigenvalue weighted by molar-refractivity contribution is -0.187. The van der Waals surface area contributed by atoms with Gasteiger partial charge in [0.1, 0.15) is 24.4 Å². The minimum absolute atomic E-state index is 0.114. The van der Waals surface area contributed by atoms with Crippen molar-refractivity contribution < 1.29 is 24.5 Å². The SMILES string of the molecule is CCCCCCCCCCCCCCCC(=O)N[C@H]1[C@H]2OC[C@@H](O2)[C@H](O)[C@@H]1O. The fourth-order valence-electron chi connectivity index (χ4n) is 4.12. The molecule has 5 atom stereocenters. The smallest absolute Gasteiger partial charge is 0.220 e. The van der Waals surface area contributed by atoms with Gasteiger partial charge in [-0.3, -0.25) is 4.79 Å². The first-order chi connectivity index (χ1) is 13.6. The molecule has 2 bridgehead atoms. The molecule has 0 aromatic carbocycles. The van der Waals surface area contributed by atoms with Gasteiger partial charge in [-0.2, -0.15) is 0 Å². The molecular weight excluding hydrogens is 358 g/mol. The molecule has 28 heavy (non-hydrogen) atoms. The highest BCUT2D eigenvalue weighted by Crippen LogP contribution is 2.28. The Morgan fingerprint density at radius 2 is 1.39 bits per heavy atom. The first-order valence-corrected chi connectivity index (χ1v) is 11.6. The van der Waals surface area contributed by atoms with Crippen molar-refractivity contribution in [2.45, 2.75) is 127 Å². The standard InChI is InChI=1S/C22H41NO5/c1-2-3-4-5-6-7-8-9-10-11-12-13-14-15-18(24)23-19-21(26)20(25)17-16-27-22(19)28-17/h17,19-22,25-26H,2-16H2,1H3,(H,23,24)/t17-,19-,20+,21-,22+/m1/s1. The van der Waals surface area contributed by atoms with Crippen LogP contribution >= 0.6 is 0 Å². The number of hydrogen-bond acceptors (Lipinski definition) is 5. The number of fused-ring (bicyclic) bond motifs is 2. The highest BCUT2D eigenvalue weighted by atomic mass is 16.7. The van der Waals surface area contributed by atoms with Crippen molar-refractivity contribution in [3.63, 3.8) is 0 Å². The van der Waals surface area contributed by atoms with E-state index in [1.807, 2.05) is 0 Å². The number of carbonyl (C=O) groups excluding carboxylic acids is 1. The maximum atomic E-state index is 12.1. The number of nitrogens with one attached hydrogen (secondary N) is 1. The number of aliphatic hydroxyl groups excluding tert-OH is 2. The summed E-state index contributed by atoms with van der Waals surface area (Å²) in [4.78, 5) is 12.1. The predicted molar refractivity (Wildman–Crippen MR) is 109 cm³/mol. The van der Waals surface area contributed by atoms with E-state index < -0.39 is 30.6 Å². The molecule has 0 radical (unpaired) electrons.